The molecule has 20 aromatic rings. The van der Waals surface area contributed by atoms with Gasteiger partial charge in [-0.2, -0.15) is 0 Å². The molecule has 5 heteroatoms. The fraction of sp³-hybridized carbons (Fsp3) is 0. The molecule has 442 valence electrons. The highest BCUT2D eigenvalue weighted by atomic mass is 16.3. The molecule has 5 heterocycles. The first-order valence-electron chi connectivity index (χ1n) is 32.6. The lowest BCUT2D eigenvalue weighted by Gasteiger charge is -2.15. The molecule has 0 spiro atoms. The Balaban J connectivity index is 0.682. The van der Waals surface area contributed by atoms with E-state index in [2.05, 4.69) is 346 Å². The number of fused-ring (bicyclic) bond motifs is 15. The summed E-state index contributed by atoms with van der Waals surface area (Å²) in [4.78, 5) is 0. The first-order chi connectivity index (χ1) is 47.1. The fourth-order valence-corrected chi connectivity index (χ4v) is 15.6. The molecule has 0 unspecified atom stereocenters. The molecule has 15 aromatic carbocycles. The Labute approximate surface area is 546 Å². The van der Waals surface area contributed by atoms with Gasteiger partial charge in [0.25, 0.3) is 0 Å². The molecular weight excluding hydrogens is 1150 g/mol. The van der Waals surface area contributed by atoms with Crippen LogP contribution < -0.4 is 0 Å². The highest BCUT2D eigenvalue weighted by molar-refractivity contribution is 6.15. The van der Waals surface area contributed by atoms with Crippen molar-refractivity contribution in [3.8, 4) is 78.4 Å². The van der Waals surface area contributed by atoms with Gasteiger partial charge in [0.1, 0.15) is 11.2 Å². The van der Waals surface area contributed by atoms with Gasteiger partial charge < -0.3 is 22.7 Å². The van der Waals surface area contributed by atoms with Crippen molar-refractivity contribution < 1.29 is 4.42 Å². The van der Waals surface area contributed by atoms with Crippen LogP contribution in [-0.4, -0.2) is 18.3 Å². The normalized spacial score (nSPS) is 12.0. The Kier molecular flexibility index (Phi) is 11.7. The summed E-state index contributed by atoms with van der Waals surface area (Å²) in [6.45, 7) is 0. The number of rotatable bonds is 9. The van der Waals surface area contributed by atoms with E-state index in [1.807, 2.05) is 12.1 Å². The van der Waals surface area contributed by atoms with E-state index in [-0.39, 0.29) is 0 Å². The third kappa shape index (κ3) is 8.36. The number of para-hydroxylation sites is 7. The zero-order valence-corrected chi connectivity index (χ0v) is 51.5. The Morgan fingerprint density at radius 3 is 0.905 bits per heavy atom. The van der Waals surface area contributed by atoms with Crippen LogP contribution in [0.3, 0.4) is 0 Å². The van der Waals surface area contributed by atoms with Gasteiger partial charge in [-0.25, -0.2) is 0 Å². The van der Waals surface area contributed by atoms with E-state index < -0.39 is 0 Å². The van der Waals surface area contributed by atoms with E-state index in [1.54, 1.807) is 0 Å². The van der Waals surface area contributed by atoms with Crippen LogP contribution in [0.2, 0.25) is 0 Å². The van der Waals surface area contributed by atoms with Gasteiger partial charge in [-0.3, -0.25) is 0 Å². The topological polar surface area (TPSA) is 32.9 Å². The molecule has 0 aliphatic heterocycles. The zero-order chi connectivity index (χ0) is 62.2. The maximum absolute atomic E-state index is 6.18. The summed E-state index contributed by atoms with van der Waals surface area (Å²) >= 11 is 0. The monoisotopic (exact) mass is 1210 g/mol. The average molecular weight is 1210 g/mol. The van der Waals surface area contributed by atoms with E-state index in [4.69, 9.17) is 4.42 Å². The Morgan fingerprint density at radius 2 is 0.432 bits per heavy atom. The maximum Gasteiger partial charge on any atom is 0.135 e. The Hall–Kier alpha value is -12.7. The molecule has 5 aromatic heterocycles. The van der Waals surface area contributed by atoms with Gasteiger partial charge >= 0.3 is 0 Å². The minimum atomic E-state index is 0.905. The van der Waals surface area contributed by atoms with Crippen LogP contribution in [0, 0.1) is 0 Å². The van der Waals surface area contributed by atoms with Gasteiger partial charge in [-0.1, -0.05) is 194 Å². The maximum atomic E-state index is 6.18. The Bertz CT molecular complexity index is 6490. The van der Waals surface area contributed by atoms with Crippen LogP contribution in [0.15, 0.2) is 344 Å². The van der Waals surface area contributed by atoms with Crippen molar-refractivity contribution in [1.29, 1.82) is 0 Å². The highest BCUT2D eigenvalue weighted by Gasteiger charge is 2.21. The van der Waals surface area contributed by atoms with Gasteiger partial charge in [0.05, 0.1) is 44.1 Å². The highest BCUT2D eigenvalue weighted by Crippen LogP contribution is 2.44. The Morgan fingerprint density at radius 1 is 0.147 bits per heavy atom. The molecule has 0 bridgehead atoms. The largest absolute Gasteiger partial charge is 0.456 e. The minimum Gasteiger partial charge on any atom is -0.456 e. The average Bonchev–Trinajstić information content (AvgIpc) is 1.63. The van der Waals surface area contributed by atoms with Crippen LogP contribution in [0.5, 0.6) is 0 Å². The molecule has 0 fully saturated rings. The third-order valence-electron chi connectivity index (χ3n) is 19.9. The summed E-state index contributed by atoms with van der Waals surface area (Å²) in [6.07, 6.45) is 0. The van der Waals surface area contributed by atoms with Crippen molar-refractivity contribution in [2.45, 2.75) is 0 Å². The van der Waals surface area contributed by atoms with E-state index in [0.717, 1.165) is 94.7 Å². The summed E-state index contributed by atoms with van der Waals surface area (Å²) in [6, 6.07) is 125. The quantitative estimate of drug-likeness (QED) is 0.142. The lowest BCUT2D eigenvalue weighted by atomic mass is 9.96. The molecule has 0 atom stereocenters. The molecule has 0 saturated carbocycles. The molecule has 5 nitrogen and oxygen atoms in total. The van der Waals surface area contributed by atoms with Crippen LogP contribution in [0.4, 0.5) is 0 Å². The van der Waals surface area contributed by atoms with Gasteiger partial charge in [-0.15, -0.1) is 0 Å². The first kappa shape index (κ1) is 53.0. The van der Waals surface area contributed by atoms with Gasteiger partial charge in [0.2, 0.25) is 0 Å². The van der Waals surface area contributed by atoms with Crippen molar-refractivity contribution in [1.82, 2.24) is 18.3 Å². The molecule has 0 radical (unpaired) electrons. The van der Waals surface area contributed by atoms with Crippen LogP contribution in [-0.2, 0) is 0 Å². The number of nitrogens with zero attached hydrogens (tertiary/aromatic N) is 4. The second-order valence-electron chi connectivity index (χ2n) is 25.2. The lowest BCUT2D eigenvalue weighted by Crippen LogP contribution is -1.96. The summed E-state index contributed by atoms with van der Waals surface area (Å²) in [5, 5.41) is 12.0. The molecule has 0 N–H and O–H groups in total. The smallest absolute Gasteiger partial charge is 0.135 e. The third-order valence-corrected chi connectivity index (χ3v) is 19.9. The predicted molar refractivity (Wildman–Crippen MR) is 398 cm³/mol. The van der Waals surface area contributed by atoms with Gasteiger partial charge in [0.15, 0.2) is 0 Å². The second-order valence-corrected chi connectivity index (χ2v) is 25.2. The summed E-state index contributed by atoms with van der Waals surface area (Å²) < 4.78 is 15.9. The number of furan rings is 1. The van der Waals surface area contributed by atoms with Crippen LogP contribution >= 0.6 is 0 Å². The van der Waals surface area contributed by atoms with Gasteiger partial charge in [0, 0.05) is 76.6 Å². The molecule has 0 aliphatic rings. The lowest BCUT2D eigenvalue weighted by molar-refractivity contribution is 0.669. The van der Waals surface area contributed by atoms with Gasteiger partial charge in [-0.05, 0) is 201 Å². The van der Waals surface area contributed by atoms with Crippen LogP contribution in [0.1, 0.15) is 0 Å². The van der Waals surface area contributed by atoms with E-state index in [9.17, 15) is 0 Å². The van der Waals surface area contributed by atoms with E-state index in [0.29, 0.717) is 0 Å². The molecule has 95 heavy (non-hydrogen) atoms. The molecule has 0 saturated heterocycles. The van der Waals surface area contributed by atoms with Crippen molar-refractivity contribution in [3.63, 3.8) is 0 Å². The predicted octanol–water partition coefficient (Wildman–Crippen LogP) is 24.3. The summed E-state index contributed by atoms with van der Waals surface area (Å²) in [7, 11) is 0. The fourth-order valence-electron chi connectivity index (χ4n) is 15.6. The minimum absolute atomic E-state index is 0.905. The number of hydrogen-bond acceptors (Lipinski definition) is 1. The summed E-state index contributed by atoms with van der Waals surface area (Å²) in [5.41, 5.74) is 27.3. The van der Waals surface area contributed by atoms with Crippen molar-refractivity contribution >= 4 is 109 Å². The van der Waals surface area contributed by atoms with Crippen molar-refractivity contribution in [3.05, 3.63) is 340 Å². The zero-order valence-electron chi connectivity index (χ0n) is 51.5. The standard InChI is InChI=1S/C90H56N4O/c1-2-23-67(24-3-1)91-83-35-12-6-29-73(83)78-54-63(40-44-86(78)91)65-48-66(52-70(51-65)94-81-33-10-4-27-71(81)72-28-5-11-34-82(72)94)64-41-45-88-79(55-64)75-31-8-14-37-85(75)93(88)69-26-18-22-60(50-69)59-21-17-25-68(49-59)92-84-36-13-7-30-74(84)77-53-61(39-43-87(77)92)57-19-16-20-58(47-57)62-42-46-90-80(56-62)76-32-9-15-38-89(76)95-90/h1-56H. The van der Waals surface area contributed by atoms with E-state index >= 15 is 0 Å². The number of aromatic nitrogens is 4. The van der Waals surface area contributed by atoms with Crippen molar-refractivity contribution in [2.24, 2.45) is 0 Å². The second kappa shape index (κ2) is 20.9. The SMILES string of the molecule is c1ccc(-n2c3ccccc3c3cc(-c4cc(-c5ccc6c(c5)c5ccccc5n6-c5cccc(-c6cccc(-n7c8ccccc8c8cc(-c9cccc(-c%10ccc%11oc%12ccccc%12c%11c%10)c9)ccc87)c6)c5)cc(-n5c6ccccc6c6ccccc65)c4)ccc32)cc1. The summed E-state index contributed by atoms with van der Waals surface area (Å²) in [5.74, 6) is 0. The van der Waals surface area contributed by atoms with Crippen molar-refractivity contribution in [2.75, 3.05) is 0 Å². The number of benzene rings is 15. The first-order valence-corrected chi connectivity index (χ1v) is 32.6. The molecule has 0 aliphatic carbocycles. The molecular formula is C90H56N4O. The molecule has 0 amide bonds. The molecule has 20 rings (SSSR count). The van der Waals surface area contributed by atoms with Crippen LogP contribution in [0.25, 0.3) is 188 Å². The number of hydrogen-bond donors (Lipinski definition) is 0. The van der Waals surface area contributed by atoms with E-state index in [1.165, 1.54) is 92.9 Å².